The monoisotopic (exact) mass is 355 g/mol. The summed E-state index contributed by atoms with van der Waals surface area (Å²) in [7, 11) is 0. The molecule has 3 rings (SSSR count). The van der Waals surface area contributed by atoms with Crippen LogP contribution in [-0.4, -0.2) is 28.2 Å². The summed E-state index contributed by atoms with van der Waals surface area (Å²) in [5.41, 5.74) is 0.966. The van der Waals surface area contributed by atoms with Crippen LogP contribution in [0.2, 0.25) is 0 Å². The Morgan fingerprint density at radius 3 is 2.52 bits per heavy atom. The molecule has 6 nitrogen and oxygen atoms in total. The van der Waals surface area contributed by atoms with E-state index in [-0.39, 0.29) is 47.3 Å². The molecule has 2 aliphatic carbocycles. The number of amides is 1. The molecule has 0 bridgehead atoms. The summed E-state index contributed by atoms with van der Waals surface area (Å²) in [4.78, 5) is 23.4. The van der Waals surface area contributed by atoms with Gasteiger partial charge in [-0.2, -0.15) is 5.10 Å². The maximum atomic E-state index is 12.3. The Morgan fingerprint density at radius 1 is 1.24 bits per heavy atom. The van der Waals surface area contributed by atoms with Gasteiger partial charge in [0.15, 0.2) is 0 Å². The van der Waals surface area contributed by atoms with Gasteiger partial charge in [-0.15, -0.1) is 0 Å². The standard InChI is InChI=1S/C18H27N3O3.Na/c1-11-12(2)16(18(23)24)15(11)17(22)19-9-7-13-8-10-21(20-13)14-5-3-4-6-14;/h8,10-12,14-16H,3-7,9H2,1-2H3,(H,19,22)(H,23,24);/q;+1/p-1/t11?,12?,15-,16+;/m0./s1. The van der Waals surface area contributed by atoms with Crippen molar-refractivity contribution in [3.63, 3.8) is 0 Å². The van der Waals surface area contributed by atoms with Gasteiger partial charge in [0.1, 0.15) is 0 Å². The van der Waals surface area contributed by atoms with Crippen LogP contribution in [0, 0.1) is 23.7 Å². The van der Waals surface area contributed by atoms with Gasteiger partial charge in [0.2, 0.25) is 5.91 Å². The molecule has 4 atom stereocenters. The van der Waals surface area contributed by atoms with Crippen molar-refractivity contribution in [1.29, 1.82) is 0 Å². The van der Waals surface area contributed by atoms with Gasteiger partial charge in [0.25, 0.3) is 0 Å². The van der Waals surface area contributed by atoms with Crippen LogP contribution in [0.25, 0.3) is 0 Å². The molecule has 7 heteroatoms. The molecule has 2 unspecified atom stereocenters. The summed E-state index contributed by atoms with van der Waals surface area (Å²) in [5.74, 6) is -2.36. The van der Waals surface area contributed by atoms with E-state index in [1.165, 1.54) is 25.7 Å². The largest absolute Gasteiger partial charge is 1.00 e. The molecule has 1 aromatic rings. The Balaban J connectivity index is 0.00000225. The van der Waals surface area contributed by atoms with Gasteiger partial charge in [0, 0.05) is 37.0 Å². The summed E-state index contributed by atoms with van der Waals surface area (Å²) in [6, 6.07) is 2.53. The molecule has 0 radical (unpaired) electrons. The van der Waals surface area contributed by atoms with Crippen LogP contribution in [0.15, 0.2) is 12.3 Å². The first-order valence-electron chi connectivity index (χ1n) is 9.01. The molecule has 1 N–H and O–H groups in total. The van der Waals surface area contributed by atoms with Crippen molar-refractivity contribution in [3.05, 3.63) is 18.0 Å². The molecule has 0 aliphatic heterocycles. The molecule has 2 fully saturated rings. The van der Waals surface area contributed by atoms with E-state index in [2.05, 4.69) is 10.4 Å². The van der Waals surface area contributed by atoms with Crippen molar-refractivity contribution in [3.8, 4) is 0 Å². The normalized spacial score (nSPS) is 28.9. The number of hydrogen-bond acceptors (Lipinski definition) is 4. The van der Waals surface area contributed by atoms with E-state index >= 15 is 0 Å². The predicted molar refractivity (Wildman–Crippen MR) is 86.8 cm³/mol. The van der Waals surface area contributed by atoms with E-state index in [1.807, 2.05) is 30.8 Å². The Kier molecular flexibility index (Phi) is 7.11. The number of carboxylic acids is 1. The van der Waals surface area contributed by atoms with Crippen molar-refractivity contribution in [2.75, 3.05) is 6.54 Å². The second kappa shape index (κ2) is 8.69. The first-order chi connectivity index (χ1) is 11.5. The number of nitrogens with one attached hydrogen (secondary N) is 1. The number of carbonyl (C=O) groups excluding carboxylic acids is 2. The topological polar surface area (TPSA) is 87.0 Å². The number of nitrogens with zero attached hydrogens (tertiary/aromatic N) is 2. The molecule has 25 heavy (non-hydrogen) atoms. The quantitative estimate of drug-likeness (QED) is 0.594. The van der Waals surface area contributed by atoms with Gasteiger partial charge < -0.3 is 15.2 Å². The van der Waals surface area contributed by atoms with Crippen molar-refractivity contribution in [2.24, 2.45) is 23.7 Å². The van der Waals surface area contributed by atoms with Crippen LogP contribution in [0.1, 0.15) is 51.3 Å². The third-order valence-electron chi connectivity index (χ3n) is 5.97. The smallest absolute Gasteiger partial charge is 0.550 e. The molecule has 0 spiro atoms. The zero-order valence-corrected chi connectivity index (χ0v) is 17.4. The Morgan fingerprint density at radius 2 is 1.88 bits per heavy atom. The minimum atomic E-state index is -1.11. The van der Waals surface area contributed by atoms with E-state index in [0.717, 1.165) is 5.69 Å². The predicted octanol–water partition coefficient (Wildman–Crippen LogP) is -2.07. The van der Waals surface area contributed by atoms with Crippen LogP contribution in [0.4, 0.5) is 0 Å². The minimum Gasteiger partial charge on any atom is -0.550 e. The van der Waals surface area contributed by atoms with Gasteiger partial charge in [0.05, 0.1) is 11.7 Å². The first kappa shape index (κ1) is 20.5. The molecule has 1 amide bonds. The minimum absolute atomic E-state index is 0. The molecular weight excluding hydrogens is 329 g/mol. The number of rotatable bonds is 6. The SMILES string of the molecule is CC1C(C)[C@H](C(=O)NCCc2ccn(C3CCCC3)n2)[C@@H]1C(=O)[O-].[Na+]. The Hall–Kier alpha value is -0.850. The van der Waals surface area contributed by atoms with Crippen molar-refractivity contribution >= 4 is 11.9 Å². The molecule has 0 saturated heterocycles. The third kappa shape index (κ3) is 4.29. The second-order valence-corrected chi connectivity index (χ2v) is 7.36. The molecule has 1 heterocycles. The van der Waals surface area contributed by atoms with E-state index in [0.29, 0.717) is 19.0 Å². The fourth-order valence-electron chi connectivity index (χ4n) is 4.24. The van der Waals surface area contributed by atoms with Gasteiger partial charge in [-0.1, -0.05) is 26.7 Å². The fourth-order valence-corrected chi connectivity index (χ4v) is 4.24. The zero-order chi connectivity index (χ0) is 17.3. The number of hydrogen-bond donors (Lipinski definition) is 1. The zero-order valence-electron chi connectivity index (χ0n) is 15.4. The average molecular weight is 355 g/mol. The van der Waals surface area contributed by atoms with Gasteiger partial charge in [-0.3, -0.25) is 9.48 Å². The number of carboxylic acid groups (broad SMARTS) is 1. The van der Waals surface area contributed by atoms with E-state index in [9.17, 15) is 14.7 Å². The van der Waals surface area contributed by atoms with Gasteiger partial charge >= 0.3 is 29.6 Å². The fraction of sp³-hybridized carbons (Fsp3) is 0.722. The molecule has 132 valence electrons. The van der Waals surface area contributed by atoms with Gasteiger partial charge in [-0.05, 0) is 30.7 Å². The molecular formula is C18H26N3NaO3. The maximum Gasteiger partial charge on any atom is 1.00 e. The summed E-state index contributed by atoms with van der Waals surface area (Å²) < 4.78 is 2.05. The second-order valence-electron chi connectivity index (χ2n) is 7.36. The van der Waals surface area contributed by atoms with E-state index in [4.69, 9.17) is 0 Å². The van der Waals surface area contributed by atoms with Crippen molar-refractivity contribution in [2.45, 2.75) is 52.0 Å². The van der Waals surface area contributed by atoms with Crippen LogP contribution >= 0.6 is 0 Å². The van der Waals surface area contributed by atoms with Crippen LogP contribution in [-0.2, 0) is 16.0 Å². The Labute approximate surface area is 171 Å². The summed E-state index contributed by atoms with van der Waals surface area (Å²) >= 11 is 0. The van der Waals surface area contributed by atoms with Crippen LogP contribution in [0.5, 0.6) is 0 Å². The van der Waals surface area contributed by atoms with Gasteiger partial charge in [-0.25, -0.2) is 0 Å². The van der Waals surface area contributed by atoms with E-state index < -0.39 is 17.8 Å². The van der Waals surface area contributed by atoms with Crippen molar-refractivity contribution in [1.82, 2.24) is 15.1 Å². The van der Waals surface area contributed by atoms with Crippen molar-refractivity contribution < 1.29 is 44.3 Å². The molecule has 0 aromatic carbocycles. The third-order valence-corrected chi connectivity index (χ3v) is 5.97. The van der Waals surface area contributed by atoms with E-state index in [1.54, 1.807) is 0 Å². The van der Waals surface area contributed by atoms with Crippen LogP contribution in [0.3, 0.4) is 0 Å². The Bertz CT molecular complexity index is 612. The first-order valence-corrected chi connectivity index (χ1v) is 9.01. The number of aliphatic carboxylic acids is 1. The van der Waals surface area contributed by atoms with Crippen LogP contribution < -0.4 is 40.0 Å². The summed E-state index contributed by atoms with van der Waals surface area (Å²) in [5, 5.41) is 18.6. The maximum absolute atomic E-state index is 12.3. The summed E-state index contributed by atoms with van der Waals surface area (Å²) in [6.07, 6.45) is 7.62. The molecule has 2 saturated carbocycles. The number of carbonyl (C=O) groups is 2. The number of aromatic nitrogens is 2. The average Bonchev–Trinajstić information content (AvgIpc) is 3.21. The summed E-state index contributed by atoms with van der Waals surface area (Å²) in [6.45, 7) is 4.28. The molecule has 2 aliphatic rings. The molecule has 1 aromatic heterocycles.